The summed E-state index contributed by atoms with van der Waals surface area (Å²) in [5, 5.41) is 18.6. The van der Waals surface area contributed by atoms with Crippen LogP contribution in [0.4, 0.5) is 0 Å². The fourth-order valence-electron chi connectivity index (χ4n) is 3.72. The third-order valence-corrected chi connectivity index (χ3v) is 5.79. The van der Waals surface area contributed by atoms with Gasteiger partial charge in [0.1, 0.15) is 0 Å². The molecule has 0 atom stereocenters. The predicted octanol–water partition coefficient (Wildman–Crippen LogP) is 6.30. The van der Waals surface area contributed by atoms with E-state index >= 15 is 0 Å². The van der Waals surface area contributed by atoms with E-state index in [0.29, 0.717) is 6.42 Å². The van der Waals surface area contributed by atoms with Crippen LogP contribution in [0.3, 0.4) is 0 Å². The Morgan fingerprint density at radius 2 is 1.03 bits per heavy atom. The van der Waals surface area contributed by atoms with Crippen LogP contribution in [0.5, 0.6) is 0 Å². The lowest BCUT2D eigenvalue weighted by Gasteiger charge is -2.23. The molecule has 228 valence electrons. The maximum absolute atomic E-state index is 11.7. The average Bonchev–Trinajstić information content (AvgIpc) is 2.87. The van der Waals surface area contributed by atoms with E-state index in [-0.39, 0.29) is 19.8 Å². The molecule has 0 saturated carbocycles. The molecule has 0 radical (unpaired) electrons. The van der Waals surface area contributed by atoms with Crippen molar-refractivity contribution in [3.8, 4) is 0 Å². The highest BCUT2D eigenvalue weighted by molar-refractivity contribution is 5.90. The summed E-state index contributed by atoms with van der Waals surface area (Å²) < 4.78 is 14.0. The lowest BCUT2D eigenvalue weighted by atomic mass is 9.95. The Kier molecular flexibility index (Phi) is 27.0. The second-order valence-corrected chi connectivity index (χ2v) is 9.44. The van der Waals surface area contributed by atoms with Crippen LogP contribution in [0.25, 0.3) is 0 Å². The monoisotopic (exact) mass is 558 g/mol. The zero-order chi connectivity index (χ0) is 29.8. The lowest BCUT2D eigenvalue weighted by molar-refractivity contribution is -0.177. The first kappa shape index (κ1) is 38.7. The summed E-state index contributed by atoms with van der Waals surface area (Å²) in [6, 6.07) is 0. The van der Waals surface area contributed by atoms with Gasteiger partial charge < -0.3 is 24.4 Å². The van der Waals surface area contributed by atoms with Crippen LogP contribution in [0.2, 0.25) is 0 Å². The highest BCUT2D eigenvalue weighted by Crippen LogP contribution is 2.20. The molecule has 39 heavy (non-hydrogen) atoms. The number of aliphatic hydroxyl groups is 1. The first-order valence-electron chi connectivity index (χ1n) is 14.7. The van der Waals surface area contributed by atoms with Gasteiger partial charge in [0.2, 0.25) is 0 Å². The Bertz CT molecular complexity index is 653. The molecule has 0 aliphatic heterocycles. The van der Waals surface area contributed by atoms with Gasteiger partial charge in [0.15, 0.2) is 5.60 Å². The zero-order valence-electron chi connectivity index (χ0n) is 24.8. The fourth-order valence-corrected chi connectivity index (χ4v) is 3.72. The topological polar surface area (TPSA) is 136 Å². The van der Waals surface area contributed by atoms with E-state index in [1.54, 1.807) is 20.8 Å². The summed E-state index contributed by atoms with van der Waals surface area (Å²) >= 11 is 0. The smallest absolute Gasteiger partial charge is 0.339 e. The minimum absolute atomic E-state index is 0.0206. The number of carboxylic acids is 1. The Morgan fingerprint density at radius 1 is 0.615 bits per heavy atom. The SMILES string of the molecule is CCCCCCCCC=CCCCCCCCC(=O)O.CCOC(=O)CC(O)(CC(=O)OCC)C(=O)OCC. The van der Waals surface area contributed by atoms with Gasteiger partial charge >= 0.3 is 23.9 Å². The summed E-state index contributed by atoms with van der Waals surface area (Å²) in [7, 11) is 0. The standard InChI is InChI=1S/C18H34O2.C12H20O7/c1-2-3-4-5-6-7-8-9-10-11-12-13-14-15-16-17-18(19)20;1-4-17-9(13)7-12(16,11(15)19-6-3)8-10(14)18-5-2/h9-10H,2-8,11-17H2,1H3,(H,19,20);16H,4-8H2,1-3H3. The number of carbonyl (C=O) groups excluding carboxylic acids is 3. The normalized spacial score (nSPS) is 11.0. The molecule has 0 aromatic heterocycles. The summed E-state index contributed by atoms with van der Waals surface area (Å²) in [6.07, 6.45) is 19.9. The molecule has 2 N–H and O–H groups in total. The van der Waals surface area contributed by atoms with Crippen molar-refractivity contribution in [1.82, 2.24) is 0 Å². The molecule has 0 aliphatic rings. The van der Waals surface area contributed by atoms with Gasteiger partial charge in [-0.25, -0.2) is 4.79 Å². The molecular formula is C30H54O9. The zero-order valence-corrected chi connectivity index (χ0v) is 24.8. The van der Waals surface area contributed by atoms with E-state index in [4.69, 9.17) is 5.11 Å². The number of hydrogen-bond donors (Lipinski definition) is 2. The van der Waals surface area contributed by atoms with Gasteiger partial charge in [-0.15, -0.1) is 0 Å². The highest BCUT2D eigenvalue weighted by Gasteiger charge is 2.43. The average molecular weight is 559 g/mol. The maximum atomic E-state index is 11.7. The lowest BCUT2D eigenvalue weighted by Crippen LogP contribution is -2.44. The Labute approximate surface area is 235 Å². The van der Waals surface area contributed by atoms with Crippen molar-refractivity contribution in [2.24, 2.45) is 0 Å². The van der Waals surface area contributed by atoms with Crippen molar-refractivity contribution in [3.05, 3.63) is 12.2 Å². The Morgan fingerprint density at radius 3 is 1.44 bits per heavy atom. The van der Waals surface area contributed by atoms with Crippen molar-refractivity contribution in [3.63, 3.8) is 0 Å². The van der Waals surface area contributed by atoms with Crippen molar-refractivity contribution in [2.45, 2.75) is 136 Å². The molecule has 0 aliphatic carbocycles. The summed E-state index contributed by atoms with van der Waals surface area (Å²) in [6.45, 7) is 7.22. The fraction of sp³-hybridized carbons (Fsp3) is 0.800. The van der Waals surface area contributed by atoms with E-state index in [9.17, 15) is 24.3 Å². The van der Waals surface area contributed by atoms with E-state index < -0.39 is 42.3 Å². The van der Waals surface area contributed by atoms with Gasteiger partial charge in [0.05, 0.1) is 32.7 Å². The number of aliphatic carboxylic acids is 1. The third kappa shape index (κ3) is 25.6. The summed E-state index contributed by atoms with van der Waals surface area (Å²) in [5.41, 5.74) is -2.26. The largest absolute Gasteiger partial charge is 0.481 e. The van der Waals surface area contributed by atoms with Crippen LogP contribution in [0.15, 0.2) is 12.2 Å². The second-order valence-electron chi connectivity index (χ2n) is 9.44. The van der Waals surface area contributed by atoms with Gasteiger partial charge in [-0.3, -0.25) is 14.4 Å². The predicted molar refractivity (Wildman–Crippen MR) is 151 cm³/mol. The van der Waals surface area contributed by atoms with Crippen LogP contribution < -0.4 is 0 Å². The second kappa shape index (κ2) is 27.2. The van der Waals surface area contributed by atoms with Gasteiger partial charge in [0.25, 0.3) is 0 Å². The van der Waals surface area contributed by atoms with E-state index in [1.807, 2.05) is 0 Å². The molecule has 0 heterocycles. The molecular weight excluding hydrogens is 504 g/mol. The number of carbonyl (C=O) groups is 4. The van der Waals surface area contributed by atoms with Gasteiger partial charge in [0, 0.05) is 6.42 Å². The molecule has 0 unspecified atom stereocenters. The van der Waals surface area contributed by atoms with Crippen molar-refractivity contribution < 1.29 is 43.6 Å². The molecule has 9 heteroatoms. The van der Waals surface area contributed by atoms with Crippen LogP contribution in [0, 0.1) is 0 Å². The molecule has 0 saturated heterocycles. The molecule has 0 bridgehead atoms. The van der Waals surface area contributed by atoms with E-state index in [2.05, 4.69) is 33.3 Å². The number of hydrogen-bond acceptors (Lipinski definition) is 8. The number of ether oxygens (including phenoxy) is 3. The van der Waals surface area contributed by atoms with Crippen molar-refractivity contribution in [1.29, 1.82) is 0 Å². The number of unbranched alkanes of at least 4 members (excludes halogenated alkanes) is 11. The third-order valence-electron chi connectivity index (χ3n) is 5.79. The van der Waals surface area contributed by atoms with E-state index in [1.165, 1.54) is 70.6 Å². The molecule has 0 amide bonds. The molecule has 0 spiro atoms. The number of rotatable bonds is 23. The minimum atomic E-state index is -2.26. The van der Waals surface area contributed by atoms with Gasteiger partial charge in [-0.2, -0.15) is 0 Å². The molecule has 9 nitrogen and oxygen atoms in total. The van der Waals surface area contributed by atoms with Crippen LogP contribution in [-0.4, -0.2) is 59.5 Å². The molecule has 0 rings (SSSR count). The molecule has 0 aromatic rings. The Hall–Kier alpha value is -2.42. The van der Waals surface area contributed by atoms with Crippen molar-refractivity contribution >= 4 is 23.9 Å². The van der Waals surface area contributed by atoms with E-state index in [0.717, 1.165) is 12.8 Å². The van der Waals surface area contributed by atoms with Crippen LogP contribution in [-0.2, 0) is 33.4 Å². The van der Waals surface area contributed by atoms with Crippen LogP contribution >= 0.6 is 0 Å². The minimum Gasteiger partial charge on any atom is -0.481 e. The Balaban J connectivity index is 0. The molecule has 0 aromatic carbocycles. The number of carboxylic acid groups (broad SMARTS) is 1. The van der Waals surface area contributed by atoms with Crippen molar-refractivity contribution in [2.75, 3.05) is 19.8 Å². The molecule has 0 fully saturated rings. The maximum Gasteiger partial charge on any atom is 0.339 e. The first-order chi connectivity index (χ1) is 18.7. The van der Waals surface area contributed by atoms with Gasteiger partial charge in [-0.1, -0.05) is 70.4 Å². The number of esters is 3. The van der Waals surface area contributed by atoms with Crippen LogP contribution in [0.1, 0.15) is 130 Å². The first-order valence-corrected chi connectivity index (χ1v) is 14.7. The summed E-state index contributed by atoms with van der Waals surface area (Å²) in [5.74, 6) is -3.29. The quantitative estimate of drug-likeness (QED) is 0.0641. The van der Waals surface area contributed by atoms with Gasteiger partial charge in [-0.05, 0) is 52.9 Å². The number of allylic oxidation sites excluding steroid dienone is 2. The summed E-state index contributed by atoms with van der Waals surface area (Å²) in [4.78, 5) is 44.7. The highest BCUT2D eigenvalue weighted by atomic mass is 16.6.